The van der Waals surface area contributed by atoms with Crippen LogP contribution in [0.15, 0.2) is 11.8 Å². The Kier molecular flexibility index (Phi) is 4.87. The quantitative estimate of drug-likeness (QED) is 0.725. The van der Waals surface area contributed by atoms with Crippen LogP contribution in [0, 0.1) is 35.0 Å². The van der Waals surface area contributed by atoms with Gasteiger partial charge in [0.1, 0.15) is 0 Å². The van der Waals surface area contributed by atoms with E-state index in [1.165, 1.54) is 31.5 Å². The van der Waals surface area contributed by atoms with Crippen LogP contribution < -0.4 is 5.32 Å². The highest BCUT2D eigenvalue weighted by Crippen LogP contribution is 2.61. The number of hydrogen-bond donors (Lipinski definition) is 1. The third kappa shape index (κ3) is 2.53. The van der Waals surface area contributed by atoms with Gasteiger partial charge >= 0.3 is 0 Å². The van der Waals surface area contributed by atoms with Gasteiger partial charge in [0.25, 0.3) is 0 Å². The minimum Gasteiger partial charge on any atom is -0.388 e. The molecule has 6 atom stereocenters. The summed E-state index contributed by atoms with van der Waals surface area (Å²) in [4.78, 5) is 0. The first-order chi connectivity index (χ1) is 9.46. The van der Waals surface area contributed by atoms with Gasteiger partial charge in [0.05, 0.1) is 0 Å². The number of fused-ring (bicyclic) bond motifs is 1. The number of nitrogens with one attached hydrogen (secondary N) is 1. The van der Waals surface area contributed by atoms with E-state index in [9.17, 15) is 0 Å². The summed E-state index contributed by atoms with van der Waals surface area (Å²) in [5.74, 6) is 4.78. The first kappa shape index (κ1) is 15.9. The summed E-state index contributed by atoms with van der Waals surface area (Å²) in [6.07, 6.45) is 7.66. The van der Waals surface area contributed by atoms with E-state index in [0.717, 1.165) is 36.0 Å². The SMILES string of the molecule is CC/C=C(\C)NCC1(CC)CCC2C(C)C(C)C2C1C. The van der Waals surface area contributed by atoms with Crippen molar-refractivity contribution in [2.75, 3.05) is 6.54 Å². The van der Waals surface area contributed by atoms with E-state index >= 15 is 0 Å². The van der Waals surface area contributed by atoms with E-state index in [1.807, 2.05) is 0 Å². The van der Waals surface area contributed by atoms with Crippen molar-refractivity contribution in [3.05, 3.63) is 11.8 Å². The molecule has 0 aromatic carbocycles. The molecule has 0 aromatic heterocycles. The average Bonchev–Trinajstić information content (AvgIpc) is 2.45. The molecule has 0 radical (unpaired) electrons. The Morgan fingerprint density at radius 1 is 1.20 bits per heavy atom. The summed E-state index contributed by atoms with van der Waals surface area (Å²) in [6.45, 7) is 15.5. The molecule has 0 aliphatic heterocycles. The van der Waals surface area contributed by atoms with Gasteiger partial charge in [-0.05, 0) is 67.6 Å². The smallest absolute Gasteiger partial charge is 0.0202 e. The molecule has 2 fully saturated rings. The molecule has 0 bridgehead atoms. The second kappa shape index (κ2) is 6.12. The van der Waals surface area contributed by atoms with Gasteiger partial charge in [-0.1, -0.05) is 40.7 Å². The molecular weight excluding hydrogens is 242 g/mol. The Bertz CT molecular complexity index is 359. The van der Waals surface area contributed by atoms with Crippen LogP contribution >= 0.6 is 0 Å². The highest BCUT2D eigenvalue weighted by Gasteiger charge is 2.55. The third-order valence-electron chi connectivity index (χ3n) is 7.06. The molecule has 1 N–H and O–H groups in total. The van der Waals surface area contributed by atoms with Crippen LogP contribution in [0.3, 0.4) is 0 Å². The lowest BCUT2D eigenvalue weighted by molar-refractivity contribution is -0.123. The molecule has 0 amide bonds. The van der Waals surface area contributed by atoms with Crippen LogP contribution in [0.4, 0.5) is 0 Å². The molecule has 2 aliphatic rings. The third-order valence-corrected chi connectivity index (χ3v) is 7.06. The van der Waals surface area contributed by atoms with Crippen molar-refractivity contribution >= 4 is 0 Å². The summed E-state index contributed by atoms with van der Waals surface area (Å²) in [6, 6.07) is 0. The molecule has 20 heavy (non-hydrogen) atoms. The van der Waals surface area contributed by atoms with Crippen molar-refractivity contribution in [1.29, 1.82) is 0 Å². The van der Waals surface area contributed by atoms with E-state index in [2.05, 4.69) is 52.9 Å². The lowest BCUT2D eigenvalue weighted by Crippen LogP contribution is -2.57. The van der Waals surface area contributed by atoms with Crippen molar-refractivity contribution in [2.24, 2.45) is 35.0 Å². The highest BCUT2D eigenvalue weighted by molar-refractivity contribution is 5.06. The van der Waals surface area contributed by atoms with Crippen LogP contribution in [0.2, 0.25) is 0 Å². The van der Waals surface area contributed by atoms with Crippen LogP contribution in [0.25, 0.3) is 0 Å². The largest absolute Gasteiger partial charge is 0.388 e. The standard InChI is InChI=1S/C19H35N/c1-7-9-13(3)20-12-19(8-2)11-10-17-14(4)15(5)18(17)16(19)6/h9,14-18,20H,7-8,10-12H2,1-6H3/b13-9+. The van der Waals surface area contributed by atoms with Gasteiger partial charge in [-0.25, -0.2) is 0 Å². The maximum atomic E-state index is 3.72. The minimum absolute atomic E-state index is 0.526. The molecule has 2 aliphatic carbocycles. The van der Waals surface area contributed by atoms with Crippen molar-refractivity contribution in [1.82, 2.24) is 5.32 Å². The predicted octanol–water partition coefficient (Wildman–Crippen LogP) is 5.23. The maximum absolute atomic E-state index is 3.72. The Morgan fingerprint density at radius 3 is 2.50 bits per heavy atom. The number of hydrogen-bond acceptors (Lipinski definition) is 1. The molecule has 0 heterocycles. The van der Waals surface area contributed by atoms with Gasteiger partial charge < -0.3 is 5.32 Å². The van der Waals surface area contributed by atoms with Gasteiger partial charge in [-0.15, -0.1) is 0 Å². The first-order valence-corrected chi connectivity index (χ1v) is 8.87. The van der Waals surface area contributed by atoms with Crippen LogP contribution in [-0.4, -0.2) is 6.54 Å². The molecule has 0 spiro atoms. The van der Waals surface area contributed by atoms with Gasteiger partial charge in [-0.2, -0.15) is 0 Å². The number of allylic oxidation sites excluding steroid dienone is 2. The van der Waals surface area contributed by atoms with Crippen molar-refractivity contribution in [3.63, 3.8) is 0 Å². The van der Waals surface area contributed by atoms with Crippen LogP contribution in [-0.2, 0) is 0 Å². The van der Waals surface area contributed by atoms with E-state index in [4.69, 9.17) is 0 Å². The zero-order chi connectivity index (χ0) is 14.9. The molecule has 2 saturated carbocycles. The van der Waals surface area contributed by atoms with Gasteiger partial charge in [-0.3, -0.25) is 0 Å². The Labute approximate surface area is 126 Å². The molecule has 2 rings (SSSR count). The Hall–Kier alpha value is -0.460. The molecule has 116 valence electrons. The summed E-state index contributed by atoms with van der Waals surface area (Å²) < 4.78 is 0. The Balaban J connectivity index is 2.05. The maximum Gasteiger partial charge on any atom is 0.0202 e. The molecule has 1 heteroatoms. The zero-order valence-corrected chi connectivity index (χ0v) is 14.5. The minimum atomic E-state index is 0.526. The molecule has 0 saturated heterocycles. The molecule has 1 nitrogen and oxygen atoms in total. The van der Waals surface area contributed by atoms with Gasteiger partial charge in [0.2, 0.25) is 0 Å². The monoisotopic (exact) mass is 277 g/mol. The fraction of sp³-hybridized carbons (Fsp3) is 0.895. The summed E-state index contributed by atoms with van der Waals surface area (Å²) in [5.41, 5.74) is 1.89. The average molecular weight is 277 g/mol. The highest BCUT2D eigenvalue weighted by atomic mass is 14.9. The summed E-state index contributed by atoms with van der Waals surface area (Å²) in [7, 11) is 0. The van der Waals surface area contributed by atoms with Crippen molar-refractivity contribution < 1.29 is 0 Å². The molecular formula is C19H35N. The van der Waals surface area contributed by atoms with Crippen molar-refractivity contribution in [2.45, 2.75) is 67.2 Å². The zero-order valence-electron chi connectivity index (χ0n) is 14.5. The number of rotatable bonds is 5. The fourth-order valence-corrected chi connectivity index (χ4v) is 5.27. The normalized spacial score (nSPS) is 44.7. The summed E-state index contributed by atoms with van der Waals surface area (Å²) in [5, 5.41) is 3.72. The fourth-order valence-electron chi connectivity index (χ4n) is 5.27. The molecule has 6 unspecified atom stereocenters. The molecule has 0 aromatic rings. The second-order valence-corrected chi connectivity index (χ2v) is 7.65. The van der Waals surface area contributed by atoms with Gasteiger partial charge in [0, 0.05) is 12.2 Å². The summed E-state index contributed by atoms with van der Waals surface area (Å²) >= 11 is 0. The Morgan fingerprint density at radius 2 is 1.90 bits per heavy atom. The van der Waals surface area contributed by atoms with E-state index < -0.39 is 0 Å². The van der Waals surface area contributed by atoms with Crippen LogP contribution in [0.5, 0.6) is 0 Å². The van der Waals surface area contributed by atoms with E-state index in [1.54, 1.807) is 0 Å². The van der Waals surface area contributed by atoms with E-state index in [0.29, 0.717) is 5.41 Å². The predicted molar refractivity (Wildman–Crippen MR) is 88.5 cm³/mol. The lowest BCUT2D eigenvalue weighted by atomic mass is 9.44. The topological polar surface area (TPSA) is 12.0 Å². The lowest BCUT2D eigenvalue weighted by Gasteiger charge is -2.61. The van der Waals surface area contributed by atoms with Gasteiger partial charge in [0.15, 0.2) is 0 Å². The van der Waals surface area contributed by atoms with Crippen LogP contribution in [0.1, 0.15) is 67.2 Å². The van der Waals surface area contributed by atoms with E-state index in [-0.39, 0.29) is 0 Å². The second-order valence-electron chi connectivity index (χ2n) is 7.65. The van der Waals surface area contributed by atoms with Crippen molar-refractivity contribution in [3.8, 4) is 0 Å². The first-order valence-electron chi connectivity index (χ1n) is 8.87.